The molecule has 1 fully saturated rings. The fraction of sp³-hybridized carbons (Fsp3) is 0.393. The first-order valence-corrected chi connectivity index (χ1v) is 13.4. The van der Waals surface area contributed by atoms with Crippen LogP contribution in [-0.2, 0) is 60.0 Å². The second-order valence-corrected chi connectivity index (χ2v) is 9.83. The summed E-state index contributed by atoms with van der Waals surface area (Å²) in [4.78, 5) is 81.4. The van der Waals surface area contributed by atoms with Crippen molar-refractivity contribution in [2.24, 2.45) is 0 Å². The van der Waals surface area contributed by atoms with E-state index in [1.807, 2.05) is 0 Å². The lowest BCUT2D eigenvalue weighted by Gasteiger charge is -2.48. The lowest BCUT2D eigenvalue weighted by atomic mass is 9.86. The zero-order chi connectivity index (χ0) is 35.1. The number of aliphatic hydroxyl groups is 1. The van der Waals surface area contributed by atoms with Crippen LogP contribution in [-0.4, -0.2) is 76.0 Å². The minimum absolute atomic E-state index is 0.00432. The number of hydrogen-bond donors (Lipinski definition) is 1. The monoisotopic (exact) mass is 664 g/mol. The molecule has 0 unspecified atom stereocenters. The number of nitrogens with zero attached hydrogens (tertiary/aromatic N) is 2. The Morgan fingerprint density at radius 2 is 1.40 bits per heavy atom. The number of hydrogen-bond acceptors (Lipinski definition) is 17. The lowest BCUT2D eigenvalue weighted by Crippen LogP contribution is -2.66. The van der Waals surface area contributed by atoms with E-state index in [9.17, 15) is 49.3 Å². The number of ether oxygens (including phenoxy) is 7. The van der Waals surface area contributed by atoms with Gasteiger partial charge in [-0.25, -0.2) is 4.79 Å². The van der Waals surface area contributed by atoms with Gasteiger partial charge in [0.25, 0.3) is 11.4 Å². The third-order valence-electron chi connectivity index (χ3n) is 6.30. The maximum atomic E-state index is 12.2. The van der Waals surface area contributed by atoms with Gasteiger partial charge in [-0.05, 0) is 23.8 Å². The van der Waals surface area contributed by atoms with E-state index in [0.717, 1.165) is 64.1 Å². The standard InChI is InChI=1S/C28H28N2O17/c1-14(31)41-13-23-24(43-15(2)32)25(44-16(3)33)26(45-17(4)34)28(36,47-23)21-10-5-18(11-22(21)30(39)40)12-42-27(35)46-20-8-6-19(7-9-20)29(37)38/h5-11,23-26,36H,12-13H2,1-4H3/t23-,24+,25+,26-,28-/m1/s1. The number of nitro benzene ring substituents is 2. The largest absolute Gasteiger partial charge is 0.514 e. The molecule has 1 aliphatic heterocycles. The molecule has 1 N–H and O–H groups in total. The first kappa shape index (κ1) is 35.8. The van der Waals surface area contributed by atoms with Crippen molar-refractivity contribution in [3.05, 3.63) is 73.8 Å². The summed E-state index contributed by atoms with van der Waals surface area (Å²) in [6.45, 7) is 2.59. The summed E-state index contributed by atoms with van der Waals surface area (Å²) in [5, 5.41) is 35.0. The van der Waals surface area contributed by atoms with Crippen LogP contribution in [0.25, 0.3) is 0 Å². The average Bonchev–Trinajstić information content (AvgIpc) is 2.98. The summed E-state index contributed by atoms with van der Waals surface area (Å²) in [5.74, 6) is -6.90. The molecule has 0 amide bonds. The van der Waals surface area contributed by atoms with Gasteiger partial charge in [0.15, 0.2) is 12.2 Å². The van der Waals surface area contributed by atoms with Crippen molar-refractivity contribution < 1.29 is 72.1 Å². The van der Waals surface area contributed by atoms with Gasteiger partial charge in [-0.3, -0.25) is 39.4 Å². The third-order valence-corrected chi connectivity index (χ3v) is 6.30. The summed E-state index contributed by atoms with van der Waals surface area (Å²) in [5.41, 5.74) is -1.75. The maximum absolute atomic E-state index is 12.2. The van der Waals surface area contributed by atoms with Crippen LogP contribution in [0.15, 0.2) is 42.5 Å². The smallest absolute Gasteiger partial charge is 0.463 e. The van der Waals surface area contributed by atoms with Gasteiger partial charge < -0.3 is 38.3 Å². The number of nitro groups is 2. The molecular formula is C28H28N2O17. The van der Waals surface area contributed by atoms with Crippen LogP contribution in [0.3, 0.4) is 0 Å². The molecule has 0 aliphatic carbocycles. The van der Waals surface area contributed by atoms with Crippen molar-refractivity contribution in [2.75, 3.05) is 6.61 Å². The second-order valence-electron chi connectivity index (χ2n) is 9.83. The molecule has 1 saturated heterocycles. The average molecular weight is 665 g/mol. The van der Waals surface area contributed by atoms with Crippen molar-refractivity contribution in [1.29, 1.82) is 0 Å². The highest BCUT2D eigenvalue weighted by Crippen LogP contribution is 2.44. The second kappa shape index (κ2) is 15.1. The molecule has 0 bridgehead atoms. The summed E-state index contributed by atoms with van der Waals surface area (Å²) < 4.78 is 36.4. The van der Waals surface area contributed by atoms with Crippen LogP contribution in [0.2, 0.25) is 0 Å². The van der Waals surface area contributed by atoms with E-state index in [0.29, 0.717) is 0 Å². The van der Waals surface area contributed by atoms with Gasteiger partial charge in [0, 0.05) is 45.9 Å². The molecule has 2 aromatic carbocycles. The van der Waals surface area contributed by atoms with E-state index in [1.54, 1.807) is 0 Å². The molecule has 0 spiro atoms. The highest BCUT2D eigenvalue weighted by Gasteiger charge is 2.62. The number of carbonyl (C=O) groups excluding carboxylic acids is 5. The van der Waals surface area contributed by atoms with E-state index in [1.165, 1.54) is 6.07 Å². The Bertz CT molecular complexity index is 1560. The number of carbonyl (C=O) groups is 5. The van der Waals surface area contributed by atoms with Crippen LogP contribution >= 0.6 is 0 Å². The molecule has 47 heavy (non-hydrogen) atoms. The number of benzene rings is 2. The fourth-order valence-electron chi connectivity index (χ4n) is 4.52. The molecule has 0 radical (unpaired) electrons. The summed E-state index contributed by atoms with van der Waals surface area (Å²) in [6.07, 6.45) is -8.45. The third kappa shape index (κ3) is 9.17. The molecule has 19 nitrogen and oxygen atoms in total. The van der Waals surface area contributed by atoms with Gasteiger partial charge in [-0.2, -0.15) is 0 Å². The summed E-state index contributed by atoms with van der Waals surface area (Å²) in [7, 11) is 0. The zero-order valence-corrected chi connectivity index (χ0v) is 25.1. The van der Waals surface area contributed by atoms with E-state index >= 15 is 0 Å². The Morgan fingerprint density at radius 3 is 1.94 bits per heavy atom. The van der Waals surface area contributed by atoms with Crippen LogP contribution in [0, 0.1) is 20.2 Å². The van der Waals surface area contributed by atoms with E-state index in [4.69, 9.17) is 33.2 Å². The zero-order valence-electron chi connectivity index (χ0n) is 25.1. The highest BCUT2D eigenvalue weighted by molar-refractivity contribution is 5.69. The van der Waals surface area contributed by atoms with Crippen molar-refractivity contribution >= 4 is 41.4 Å². The van der Waals surface area contributed by atoms with Gasteiger partial charge in [0.1, 0.15) is 25.1 Å². The number of rotatable bonds is 11. The fourth-order valence-corrected chi connectivity index (χ4v) is 4.52. The Balaban J connectivity index is 2.00. The normalized spacial score (nSPS) is 21.8. The van der Waals surface area contributed by atoms with E-state index in [2.05, 4.69) is 0 Å². The Labute approximate surface area is 264 Å². The molecule has 252 valence electrons. The number of esters is 4. The lowest BCUT2D eigenvalue weighted by molar-refractivity contribution is -0.397. The maximum Gasteiger partial charge on any atom is 0.514 e. The first-order chi connectivity index (χ1) is 22.0. The quantitative estimate of drug-likeness (QED) is 0.119. The Morgan fingerprint density at radius 1 is 0.809 bits per heavy atom. The topological polar surface area (TPSA) is 256 Å². The minimum atomic E-state index is -3.00. The van der Waals surface area contributed by atoms with Gasteiger partial charge in [-0.15, -0.1) is 0 Å². The Kier molecular flexibility index (Phi) is 11.5. The van der Waals surface area contributed by atoms with Crippen LogP contribution in [0.4, 0.5) is 16.2 Å². The molecular weight excluding hydrogens is 636 g/mol. The van der Waals surface area contributed by atoms with Crippen molar-refractivity contribution in [2.45, 2.75) is 64.5 Å². The molecule has 1 heterocycles. The summed E-state index contributed by atoms with van der Waals surface area (Å²) >= 11 is 0. The highest BCUT2D eigenvalue weighted by atomic mass is 16.7. The predicted molar refractivity (Wildman–Crippen MR) is 149 cm³/mol. The van der Waals surface area contributed by atoms with Crippen molar-refractivity contribution in [3.8, 4) is 5.75 Å². The molecule has 5 atom stereocenters. The molecule has 3 rings (SSSR count). The van der Waals surface area contributed by atoms with Crippen LogP contribution < -0.4 is 4.74 Å². The van der Waals surface area contributed by atoms with Gasteiger partial charge in [-0.1, -0.05) is 6.07 Å². The minimum Gasteiger partial charge on any atom is -0.463 e. The number of non-ortho nitro benzene ring substituents is 1. The van der Waals surface area contributed by atoms with Crippen LogP contribution in [0.1, 0.15) is 38.8 Å². The molecule has 0 aromatic heterocycles. The molecule has 2 aromatic rings. The van der Waals surface area contributed by atoms with Crippen LogP contribution in [0.5, 0.6) is 5.75 Å². The predicted octanol–water partition coefficient (Wildman–Crippen LogP) is 2.12. The molecule has 1 aliphatic rings. The Hall–Kier alpha value is -5.69. The van der Waals surface area contributed by atoms with E-state index in [-0.39, 0.29) is 17.0 Å². The SMILES string of the molecule is CC(=O)OC[C@H]1O[C@](O)(c2ccc(COC(=O)Oc3ccc([N+](=O)[O-])cc3)cc2[N+](=O)[O-])[C@H](OC(C)=O)[C@@H](OC(C)=O)[C@H]1OC(C)=O. The van der Waals surface area contributed by atoms with Crippen molar-refractivity contribution in [3.63, 3.8) is 0 Å². The van der Waals surface area contributed by atoms with Gasteiger partial charge in [0.2, 0.25) is 11.9 Å². The van der Waals surface area contributed by atoms with Gasteiger partial charge >= 0.3 is 30.0 Å². The van der Waals surface area contributed by atoms with Gasteiger partial charge in [0.05, 0.1) is 15.4 Å². The van der Waals surface area contributed by atoms with E-state index < -0.39 is 94.5 Å². The molecule has 0 saturated carbocycles. The van der Waals surface area contributed by atoms with Crippen molar-refractivity contribution in [1.82, 2.24) is 0 Å². The molecule has 19 heteroatoms. The summed E-state index contributed by atoms with van der Waals surface area (Å²) in [6, 6.07) is 7.51. The first-order valence-electron chi connectivity index (χ1n) is 13.4.